The topological polar surface area (TPSA) is 69.9 Å². The van der Waals surface area contributed by atoms with Gasteiger partial charge in [-0.3, -0.25) is 4.98 Å². The van der Waals surface area contributed by atoms with Crippen molar-refractivity contribution >= 4 is 39.7 Å². The first-order valence-electron chi connectivity index (χ1n) is 7.02. The van der Waals surface area contributed by atoms with Crippen LogP contribution >= 0.6 is 22.6 Å². The molecule has 0 aliphatic heterocycles. The Morgan fingerprint density at radius 3 is 2.70 bits per heavy atom. The average Bonchev–Trinajstić information content (AvgIpc) is 2.94. The molecule has 0 saturated carbocycles. The summed E-state index contributed by atoms with van der Waals surface area (Å²) in [4.78, 5) is 20.9. The highest BCUT2D eigenvalue weighted by Gasteiger charge is 2.18. The molecule has 0 spiro atoms. The number of hydrogen-bond acceptors (Lipinski definition) is 5. The molecule has 0 unspecified atom stereocenters. The van der Waals surface area contributed by atoms with E-state index in [1.54, 1.807) is 18.6 Å². The van der Waals surface area contributed by atoms with Gasteiger partial charge in [0.05, 0.1) is 17.2 Å². The van der Waals surface area contributed by atoms with Gasteiger partial charge in [-0.15, -0.1) is 0 Å². The molecule has 3 rings (SSSR count). The Hall–Kier alpha value is -2.03. The monoisotopic (exact) mass is 422 g/mol. The Kier molecular flexibility index (Phi) is 4.05. The molecular formula is C16H15IN4O2. The van der Waals surface area contributed by atoms with Crippen LogP contribution in [-0.4, -0.2) is 31.4 Å². The Morgan fingerprint density at radius 2 is 1.96 bits per heavy atom. The van der Waals surface area contributed by atoms with Crippen molar-refractivity contribution in [1.82, 2.24) is 19.7 Å². The summed E-state index contributed by atoms with van der Waals surface area (Å²) in [5, 5.41) is 4.07. The lowest BCUT2D eigenvalue weighted by atomic mass is 10.1. The molecule has 23 heavy (non-hydrogen) atoms. The third-order valence-corrected chi connectivity index (χ3v) is 3.60. The van der Waals surface area contributed by atoms with E-state index in [1.807, 2.05) is 39.0 Å². The molecule has 0 amide bonds. The van der Waals surface area contributed by atoms with Crippen molar-refractivity contribution in [1.29, 1.82) is 0 Å². The van der Waals surface area contributed by atoms with E-state index in [9.17, 15) is 4.79 Å². The second kappa shape index (κ2) is 5.88. The molecule has 6 nitrogen and oxygen atoms in total. The zero-order valence-electron chi connectivity index (χ0n) is 12.9. The number of carbonyl (C=O) groups is 1. The van der Waals surface area contributed by atoms with Crippen LogP contribution in [0.3, 0.4) is 0 Å². The highest BCUT2D eigenvalue weighted by molar-refractivity contribution is 14.1. The van der Waals surface area contributed by atoms with E-state index in [-0.39, 0.29) is 0 Å². The summed E-state index contributed by atoms with van der Waals surface area (Å²) in [5.74, 6) is 0. The molecular weight excluding hydrogens is 407 g/mol. The van der Waals surface area contributed by atoms with Crippen molar-refractivity contribution in [2.45, 2.75) is 26.4 Å². The minimum absolute atomic E-state index is 0.509. The number of pyridine rings is 2. The van der Waals surface area contributed by atoms with E-state index in [4.69, 9.17) is 4.74 Å². The fourth-order valence-electron chi connectivity index (χ4n) is 2.02. The summed E-state index contributed by atoms with van der Waals surface area (Å²) in [6.45, 7) is 5.45. The van der Waals surface area contributed by atoms with Crippen molar-refractivity contribution in [2.24, 2.45) is 0 Å². The van der Waals surface area contributed by atoms with Crippen LogP contribution in [0, 0.1) is 3.70 Å². The van der Waals surface area contributed by atoms with Crippen molar-refractivity contribution in [3.05, 3.63) is 40.5 Å². The molecule has 0 saturated heterocycles. The van der Waals surface area contributed by atoms with Gasteiger partial charge >= 0.3 is 6.09 Å². The standard InChI is InChI=1S/C16H15IN4O2/c1-16(2,3)23-15(22)21-9-11(8-19-21)10-6-13-12(18-7-10)4-5-14(17)20-13/h4-9H,1-3H3. The SMILES string of the molecule is CC(C)(C)OC(=O)n1cc(-c2cnc3ccc(I)nc3c2)cn1. The first-order valence-corrected chi connectivity index (χ1v) is 8.10. The van der Waals surface area contributed by atoms with Crippen LogP contribution in [0.1, 0.15) is 20.8 Å². The van der Waals surface area contributed by atoms with Gasteiger partial charge in [0.15, 0.2) is 0 Å². The van der Waals surface area contributed by atoms with Crippen molar-refractivity contribution in [2.75, 3.05) is 0 Å². The molecule has 0 aliphatic carbocycles. The van der Waals surface area contributed by atoms with E-state index >= 15 is 0 Å². The first-order chi connectivity index (χ1) is 10.8. The second-order valence-electron chi connectivity index (χ2n) is 6.05. The summed E-state index contributed by atoms with van der Waals surface area (Å²) < 4.78 is 7.38. The maximum Gasteiger partial charge on any atom is 0.435 e. The van der Waals surface area contributed by atoms with Crippen LogP contribution in [0.5, 0.6) is 0 Å². The van der Waals surface area contributed by atoms with Crippen LogP contribution in [0.2, 0.25) is 0 Å². The Bertz CT molecular complexity index is 883. The van der Waals surface area contributed by atoms with Gasteiger partial charge in [-0.2, -0.15) is 9.78 Å². The number of carbonyl (C=O) groups excluding carboxylic acids is 1. The van der Waals surface area contributed by atoms with Gasteiger partial charge in [-0.05, 0) is 61.6 Å². The number of ether oxygens (including phenoxy) is 1. The molecule has 0 atom stereocenters. The smallest absolute Gasteiger partial charge is 0.435 e. The number of aromatic nitrogens is 4. The number of hydrogen-bond donors (Lipinski definition) is 0. The van der Waals surface area contributed by atoms with E-state index in [0.29, 0.717) is 0 Å². The summed E-state index contributed by atoms with van der Waals surface area (Å²) in [6.07, 6.45) is 4.48. The maximum absolute atomic E-state index is 12.0. The number of halogens is 1. The molecule has 0 radical (unpaired) electrons. The van der Waals surface area contributed by atoms with Crippen LogP contribution in [0.4, 0.5) is 4.79 Å². The van der Waals surface area contributed by atoms with Crippen LogP contribution in [-0.2, 0) is 4.74 Å². The quantitative estimate of drug-likeness (QED) is 0.440. The molecule has 7 heteroatoms. The molecule has 0 aliphatic rings. The zero-order chi connectivity index (χ0) is 16.6. The summed E-state index contributed by atoms with van der Waals surface area (Å²) in [6, 6.07) is 5.77. The van der Waals surface area contributed by atoms with E-state index < -0.39 is 11.7 Å². The number of fused-ring (bicyclic) bond motifs is 1. The van der Waals surface area contributed by atoms with E-state index in [2.05, 4.69) is 37.7 Å². The maximum atomic E-state index is 12.0. The number of rotatable bonds is 1. The van der Waals surface area contributed by atoms with Crippen LogP contribution in [0.25, 0.3) is 22.2 Å². The summed E-state index contributed by atoms with van der Waals surface area (Å²) in [5.41, 5.74) is 2.70. The predicted molar refractivity (Wildman–Crippen MR) is 95.1 cm³/mol. The Labute approximate surface area is 147 Å². The molecule has 0 N–H and O–H groups in total. The predicted octanol–water partition coefficient (Wildman–Crippen LogP) is 3.88. The summed E-state index contributed by atoms with van der Waals surface area (Å²) >= 11 is 2.16. The Morgan fingerprint density at radius 1 is 1.17 bits per heavy atom. The van der Waals surface area contributed by atoms with Crippen LogP contribution < -0.4 is 0 Å². The van der Waals surface area contributed by atoms with Gasteiger partial charge in [0, 0.05) is 23.5 Å². The minimum Gasteiger partial charge on any atom is -0.442 e. The molecule has 118 valence electrons. The minimum atomic E-state index is -0.561. The highest BCUT2D eigenvalue weighted by atomic mass is 127. The van der Waals surface area contributed by atoms with Gasteiger partial charge in [-0.25, -0.2) is 9.78 Å². The Balaban J connectivity index is 1.92. The fraction of sp³-hybridized carbons (Fsp3) is 0.250. The molecule has 0 fully saturated rings. The second-order valence-corrected chi connectivity index (χ2v) is 7.16. The van der Waals surface area contributed by atoms with Gasteiger partial charge < -0.3 is 4.74 Å². The normalized spacial score (nSPS) is 11.7. The lowest BCUT2D eigenvalue weighted by Crippen LogP contribution is -2.27. The largest absolute Gasteiger partial charge is 0.442 e. The van der Waals surface area contributed by atoms with Gasteiger partial charge in [0.25, 0.3) is 0 Å². The highest BCUT2D eigenvalue weighted by Crippen LogP contribution is 2.22. The van der Waals surface area contributed by atoms with E-state index in [1.165, 1.54) is 4.68 Å². The third kappa shape index (κ3) is 3.66. The van der Waals surface area contributed by atoms with Gasteiger partial charge in [0.1, 0.15) is 9.30 Å². The van der Waals surface area contributed by atoms with Crippen LogP contribution in [0.15, 0.2) is 36.8 Å². The van der Waals surface area contributed by atoms with Crippen molar-refractivity contribution in [3.8, 4) is 11.1 Å². The first kappa shape index (κ1) is 15.9. The van der Waals surface area contributed by atoms with Gasteiger partial charge in [-0.1, -0.05) is 0 Å². The lowest BCUT2D eigenvalue weighted by Gasteiger charge is -2.18. The number of nitrogens with zero attached hydrogens (tertiary/aromatic N) is 4. The van der Waals surface area contributed by atoms with E-state index in [0.717, 1.165) is 25.9 Å². The van der Waals surface area contributed by atoms with Crippen molar-refractivity contribution < 1.29 is 9.53 Å². The molecule has 0 bridgehead atoms. The van der Waals surface area contributed by atoms with Gasteiger partial charge in [0.2, 0.25) is 0 Å². The molecule has 0 aromatic carbocycles. The fourth-order valence-corrected chi connectivity index (χ4v) is 2.46. The summed E-state index contributed by atoms with van der Waals surface area (Å²) in [7, 11) is 0. The van der Waals surface area contributed by atoms with Crippen molar-refractivity contribution in [3.63, 3.8) is 0 Å². The zero-order valence-corrected chi connectivity index (χ0v) is 15.1. The molecule has 3 aromatic rings. The molecule has 3 heterocycles. The average molecular weight is 422 g/mol. The lowest BCUT2D eigenvalue weighted by molar-refractivity contribution is 0.0514. The third-order valence-electron chi connectivity index (χ3n) is 3.00. The molecule has 3 aromatic heterocycles.